The molecule has 2 rings (SSSR count). The SMILES string of the molecule is CC1=CCC(CC2=[C]([Ti+2])CC=C2)(O[Si](C)(C)C)C(C(C)(C)C)=C1.[Cl-].[Cl-]. The van der Waals surface area contributed by atoms with Crippen molar-refractivity contribution in [2.45, 2.75) is 72.2 Å². The summed E-state index contributed by atoms with van der Waals surface area (Å²) in [7, 11) is -1.67. The van der Waals surface area contributed by atoms with Crippen molar-refractivity contribution in [1.29, 1.82) is 0 Å². The van der Waals surface area contributed by atoms with Crippen molar-refractivity contribution >= 4 is 8.32 Å². The molecule has 0 fully saturated rings. The molecule has 2 aliphatic rings. The van der Waals surface area contributed by atoms with Crippen molar-refractivity contribution in [2.75, 3.05) is 0 Å². The third kappa shape index (κ3) is 6.52. The fourth-order valence-corrected chi connectivity index (χ4v) is 5.55. The zero-order valence-corrected chi connectivity index (χ0v) is 20.7. The van der Waals surface area contributed by atoms with Crippen molar-refractivity contribution in [3.63, 3.8) is 0 Å². The van der Waals surface area contributed by atoms with E-state index in [0.29, 0.717) is 0 Å². The van der Waals surface area contributed by atoms with Crippen molar-refractivity contribution in [2.24, 2.45) is 5.41 Å². The van der Waals surface area contributed by atoms with E-state index in [4.69, 9.17) is 4.43 Å². The van der Waals surface area contributed by atoms with Crippen LogP contribution in [0.2, 0.25) is 19.6 Å². The Morgan fingerprint density at radius 3 is 2.24 bits per heavy atom. The van der Waals surface area contributed by atoms with Crippen molar-refractivity contribution in [1.82, 2.24) is 0 Å². The summed E-state index contributed by atoms with van der Waals surface area (Å²) in [6.45, 7) is 16.1. The quantitative estimate of drug-likeness (QED) is 0.569. The van der Waals surface area contributed by atoms with Gasteiger partial charge in [0.2, 0.25) is 0 Å². The molecule has 0 amide bonds. The standard InChI is InChI=1S/C20H31OSi.2ClH.Ti/c1-16-12-13-20(21-22(5,6)7,15-17-10-8-9-11-17)18(14-16)19(2,3)4;;;/h8,10,12,14H,9,13,15H2,1-7H3;2*1H;/q;;;+2/p-2. The fourth-order valence-electron chi connectivity index (χ4n) is 3.66. The molecule has 0 aromatic heterocycles. The molecule has 2 aliphatic carbocycles. The monoisotopic (exact) mass is 433 g/mol. The van der Waals surface area contributed by atoms with Gasteiger partial charge in [-0.1, -0.05) is 0 Å². The van der Waals surface area contributed by atoms with Gasteiger partial charge in [0.25, 0.3) is 0 Å². The number of allylic oxidation sites excluding steroid dienone is 5. The van der Waals surface area contributed by atoms with Gasteiger partial charge in [0.05, 0.1) is 0 Å². The van der Waals surface area contributed by atoms with E-state index in [1.165, 1.54) is 20.6 Å². The number of hydrogen-bond acceptors (Lipinski definition) is 1. The maximum atomic E-state index is 6.92. The van der Waals surface area contributed by atoms with Crippen molar-refractivity contribution in [3.05, 3.63) is 44.9 Å². The normalized spacial score (nSPS) is 23.7. The molecule has 0 bridgehead atoms. The van der Waals surface area contributed by atoms with Crippen LogP contribution in [0.1, 0.15) is 47.0 Å². The molecule has 0 saturated heterocycles. The maximum absolute atomic E-state index is 6.92. The van der Waals surface area contributed by atoms with Gasteiger partial charge in [-0.2, -0.15) is 0 Å². The van der Waals surface area contributed by atoms with E-state index in [0.717, 1.165) is 19.3 Å². The van der Waals surface area contributed by atoms with Crippen LogP contribution in [-0.4, -0.2) is 13.9 Å². The minimum Gasteiger partial charge on any atom is -1.00 e. The Hall–Kier alpha value is 0.431. The van der Waals surface area contributed by atoms with E-state index in [1.807, 2.05) is 0 Å². The summed E-state index contributed by atoms with van der Waals surface area (Å²) in [6, 6.07) is 0. The summed E-state index contributed by atoms with van der Waals surface area (Å²) in [5, 5.41) is 0. The number of halogens is 2. The number of hydrogen-bond donors (Lipinski definition) is 0. The Morgan fingerprint density at radius 1 is 1.20 bits per heavy atom. The largest absolute Gasteiger partial charge is 1.00 e. The first-order valence-corrected chi connectivity index (χ1v) is 12.8. The van der Waals surface area contributed by atoms with Gasteiger partial charge in [0.15, 0.2) is 0 Å². The van der Waals surface area contributed by atoms with Gasteiger partial charge < -0.3 is 24.8 Å². The average molecular weight is 434 g/mol. The first-order valence-electron chi connectivity index (χ1n) is 8.63. The molecule has 0 radical (unpaired) electrons. The zero-order chi connectivity index (χ0) is 17.5. The molecule has 0 aromatic rings. The van der Waals surface area contributed by atoms with Crippen LogP contribution in [0.5, 0.6) is 0 Å². The fraction of sp³-hybridized carbons (Fsp3) is 0.600. The second-order valence-electron chi connectivity index (χ2n) is 8.96. The molecule has 1 nitrogen and oxygen atoms in total. The maximum Gasteiger partial charge on any atom is -1.00 e. The summed E-state index contributed by atoms with van der Waals surface area (Å²) in [5.41, 5.74) is 4.26. The van der Waals surface area contributed by atoms with Crippen LogP contribution in [0.15, 0.2) is 44.9 Å². The third-order valence-corrected chi connectivity index (χ3v) is 6.25. The molecule has 1 atom stereocenters. The van der Waals surface area contributed by atoms with Crippen LogP contribution >= 0.6 is 0 Å². The molecular formula is C20H31Cl2OSiTi. The minimum atomic E-state index is -1.67. The number of rotatable bonds is 4. The second-order valence-corrected chi connectivity index (χ2v) is 14.3. The smallest absolute Gasteiger partial charge is 1.00 e. The van der Waals surface area contributed by atoms with E-state index in [9.17, 15) is 0 Å². The molecule has 0 aliphatic heterocycles. The van der Waals surface area contributed by atoms with Gasteiger partial charge >= 0.3 is 156 Å². The van der Waals surface area contributed by atoms with E-state index < -0.39 is 8.32 Å². The Bertz CT molecular complexity index is 606. The molecule has 1 unspecified atom stereocenters. The van der Waals surface area contributed by atoms with E-state index in [1.54, 1.807) is 0 Å². The molecule has 5 heteroatoms. The van der Waals surface area contributed by atoms with Gasteiger partial charge in [-0.05, 0) is 0 Å². The third-order valence-electron chi connectivity index (χ3n) is 4.43. The summed E-state index contributed by atoms with van der Waals surface area (Å²) in [4.78, 5) is 0. The molecule has 0 heterocycles. The van der Waals surface area contributed by atoms with Gasteiger partial charge in [-0.3, -0.25) is 0 Å². The van der Waals surface area contributed by atoms with Crippen LogP contribution in [0, 0.1) is 5.41 Å². The molecule has 0 spiro atoms. The van der Waals surface area contributed by atoms with E-state index >= 15 is 0 Å². The molecule has 139 valence electrons. The van der Waals surface area contributed by atoms with Gasteiger partial charge in [0.1, 0.15) is 0 Å². The molecular weight excluding hydrogens is 403 g/mol. The topological polar surface area (TPSA) is 9.23 Å². The summed E-state index contributed by atoms with van der Waals surface area (Å²) < 4.78 is 8.42. The first-order chi connectivity index (χ1) is 10.4. The average Bonchev–Trinajstić information content (AvgIpc) is 2.75. The van der Waals surface area contributed by atoms with Crippen LogP contribution < -0.4 is 24.8 Å². The summed E-state index contributed by atoms with van der Waals surface area (Å²) in [6.07, 6.45) is 12.5. The van der Waals surface area contributed by atoms with Gasteiger partial charge in [0, 0.05) is 0 Å². The minimum absolute atomic E-state index is 0. The predicted octanol–water partition coefficient (Wildman–Crippen LogP) is 0.0581. The Labute approximate surface area is 179 Å². The van der Waals surface area contributed by atoms with Crippen LogP contribution in [-0.2, 0) is 24.9 Å². The van der Waals surface area contributed by atoms with Crippen molar-refractivity contribution < 1.29 is 49.7 Å². The van der Waals surface area contributed by atoms with Crippen LogP contribution in [0.25, 0.3) is 0 Å². The van der Waals surface area contributed by atoms with E-state index in [2.05, 4.69) is 92.1 Å². The summed E-state index contributed by atoms with van der Waals surface area (Å²) >= 11 is 2.27. The van der Waals surface area contributed by atoms with Gasteiger partial charge in [-0.25, -0.2) is 0 Å². The zero-order valence-electron chi connectivity index (χ0n) is 16.6. The summed E-state index contributed by atoms with van der Waals surface area (Å²) in [5.74, 6) is 0. The predicted molar refractivity (Wildman–Crippen MR) is 98.5 cm³/mol. The Morgan fingerprint density at radius 2 is 1.80 bits per heavy atom. The van der Waals surface area contributed by atoms with Crippen LogP contribution in [0.4, 0.5) is 0 Å². The Balaban J connectivity index is 0.00000288. The Kier molecular flexibility index (Phi) is 9.24. The molecule has 0 saturated carbocycles. The molecule has 0 aromatic carbocycles. The van der Waals surface area contributed by atoms with E-state index in [-0.39, 0.29) is 35.8 Å². The molecule has 25 heavy (non-hydrogen) atoms. The molecule has 0 N–H and O–H groups in total. The van der Waals surface area contributed by atoms with Gasteiger partial charge in [-0.15, -0.1) is 0 Å². The first kappa shape index (κ1) is 25.4. The second kappa shape index (κ2) is 9.08. The van der Waals surface area contributed by atoms with Crippen molar-refractivity contribution in [3.8, 4) is 0 Å². The van der Waals surface area contributed by atoms with Crippen LogP contribution in [0.3, 0.4) is 0 Å².